The second kappa shape index (κ2) is 9.86. The number of carbonyl (C=O) groups excluding carboxylic acids is 1. The molecule has 1 saturated heterocycles. The first kappa shape index (κ1) is 22.5. The fourth-order valence-corrected chi connectivity index (χ4v) is 5.43. The molecule has 1 aliphatic rings. The van der Waals surface area contributed by atoms with E-state index in [-0.39, 0.29) is 17.3 Å². The summed E-state index contributed by atoms with van der Waals surface area (Å²) in [4.78, 5) is 25.4. The molecule has 0 spiro atoms. The van der Waals surface area contributed by atoms with E-state index in [9.17, 15) is 13.2 Å². The Hall–Kier alpha value is -2.66. The first-order valence-electron chi connectivity index (χ1n) is 10.3. The lowest BCUT2D eigenvalue weighted by Crippen LogP contribution is -2.51. The highest BCUT2D eigenvalue weighted by Crippen LogP contribution is 2.24. The second-order valence-electron chi connectivity index (χ2n) is 7.62. The fraction of sp³-hybridized carbons (Fsp3) is 0.318. The molecule has 168 valence electrons. The summed E-state index contributed by atoms with van der Waals surface area (Å²) < 4.78 is 26.3. The van der Waals surface area contributed by atoms with E-state index < -0.39 is 10.0 Å². The molecular weight excluding hydrogens is 446 g/mol. The van der Waals surface area contributed by atoms with Gasteiger partial charge in [0.2, 0.25) is 15.9 Å². The quantitative estimate of drug-likeness (QED) is 0.525. The number of benzene rings is 1. The van der Waals surface area contributed by atoms with Crippen LogP contribution >= 0.6 is 11.3 Å². The Labute approximate surface area is 192 Å². The zero-order valence-corrected chi connectivity index (χ0v) is 19.4. The number of rotatable bonds is 7. The highest BCUT2D eigenvalue weighted by Gasteiger charge is 2.27. The third-order valence-corrected chi connectivity index (χ3v) is 8.11. The number of amides is 1. The minimum absolute atomic E-state index is 0.0817. The van der Waals surface area contributed by atoms with E-state index in [4.69, 9.17) is 4.98 Å². The number of hydrogen-bond donors (Lipinski definition) is 0. The summed E-state index contributed by atoms with van der Waals surface area (Å²) in [5, 5.41) is 3.09. The topological polar surface area (TPSA) is 86.7 Å². The Kier molecular flexibility index (Phi) is 6.95. The number of carbonyl (C=O) groups is 1. The van der Waals surface area contributed by atoms with Gasteiger partial charge in [-0.1, -0.05) is 30.3 Å². The number of thiazole rings is 1. The van der Waals surface area contributed by atoms with E-state index in [1.54, 1.807) is 22.3 Å². The van der Waals surface area contributed by atoms with Gasteiger partial charge in [0.25, 0.3) is 0 Å². The zero-order valence-electron chi connectivity index (χ0n) is 17.8. The largest absolute Gasteiger partial charge is 0.339 e. The van der Waals surface area contributed by atoms with E-state index in [2.05, 4.69) is 27.4 Å². The van der Waals surface area contributed by atoms with Gasteiger partial charge >= 0.3 is 0 Å². The van der Waals surface area contributed by atoms with Crippen LogP contribution < -0.4 is 0 Å². The van der Waals surface area contributed by atoms with Gasteiger partial charge in [0.1, 0.15) is 9.90 Å². The van der Waals surface area contributed by atoms with Crippen molar-refractivity contribution in [3.63, 3.8) is 0 Å². The Morgan fingerprint density at radius 3 is 2.53 bits per heavy atom. The highest BCUT2D eigenvalue weighted by molar-refractivity contribution is 7.89. The van der Waals surface area contributed by atoms with Crippen molar-refractivity contribution in [3.8, 4) is 10.6 Å². The number of nitrogens with zero attached hydrogens (tertiary/aromatic N) is 5. The molecular formula is C22H25N5O3S2. The summed E-state index contributed by atoms with van der Waals surface area (Å²) >= 11 is 1.63. The van der Waals surface area contributed by atoms with Gasteiger partial charge in [-0.3, -0.25) is 14.7 Å². The Morgan fingerprint density at radius 1 is 1.09 bits per heavy atom. The predicted octanol–water partition coefficient (Wildman–Crippen LogP) is 2.17. The minimum atomic E-state index is -3.74. The van der Waals surface area contributed by atoms with Crippen molar-refractivity contribution in [1.82, 2.24) is 24.1 Å². The van der Waals surface area contributed by atoms with Crippen molar-refractivity contribution >= 4 is 27.3 Å². The van der Waals surface area contributed by atoms with Crippen LogP contribution in [0.5, 0.6) is 0 Å². The van der Waals surface area contributed by atoms with Crippen LogP contribution in [0.25, 0.3) is 10.6 Å². The smallest absolute Gasteiger partial charge is 0.244 e. The van der Waals surface area contributed by atoms with Gasteiger partial charge in [-0.2, -0.15) is 4.31 Å². The molecule has 0 N–H and O–H groups in total. The van der Waals surface area contributed by atoms with Crippen molar-refractivity contribution in [3.05, 3.63) is 65.9 Å². The van der Waals surface area contributed by atoms with Gasteiger partial charge in [0.15, 0.2) is 0 Å². The van der Waals surface area contributed by atoms with E-state index in [1.165, 1.54) is 25.5 Å². The Balaban J connectivity index is 1.28. The summed E-state index contributed by atoms with van der Waals surface area (Å²) in [6, 6.07) is 13.1. The van der Waals surface area contributed by atoms with Gasteiger partial charge in [-0.15, -0.1) is 11.3 Å². The lowest BCUT2D eigenvalue weighted by atomic mass is 10.2. The first-order chi connectivity index (χ1) is 15.4. The molecule has 10 heteroatoms. The van der Waals surface area contributed by atoms with Gasteiger partial charge < -0.3 is 4.90 Å². The number of sulfonamides is 1. The molecule has 1 aromatic carbocycles. The normalized spacial score (nSPS) is 15.2. The van der Waals surface area contributed by atoms with Crippen LogP contribution in [-0.2, 0) is 21.4 Å². The van der Waals surface area contributed by atoms with Crippen LogP contribution in [-0.4, -0.2) is 78.2 Å². The summed E-state index contributed by atoms with van der Waals surface area (Å²) in [6.07, 6.45) is 2.80. The molecule has 0 saturated carbocycles. The van der Waals surface area contributed by atoms with E-state index in [1.807, 2.05) is 18.2 Å². The first-order valence-corrected chi connectivity index (χ1v) is 12.6. The molecule has 0 bridgehead atoms. The van der Waals surface area contributed by atoms with Crippen molar-refractivity contribution in [1.29, 1.82) is 0 Å². The van der Waals surface area contributed by atoms with Gasteiger partial charge in [0.05, 0.1) is 12.2 Å². The lowest BCUT2D eigenvalue weighted by Gasteiger charge is -2.35. The van der Waals surface area contributed by atoms with E-state index in [0.717, 1.165) is 40.2 Å². The molecule has 0 aliphatic carbocycles. The zero-order chi connectivity index (χ0) is 22.6. The van der Waals surface area contributed by atoms with Crippen LogP contribution in [0.15, 0.2) is 65.1 Å². The number of likely N-dealkylation sites (N-methyl/N-ethyl adjacent to an activating group) is 1. The Morgan fingerprint density at radius 2 is 1.84 bits per heavy atom. The average molecular weight is 472 g/mol. The summed E-state index contributed by atoms with van der Waals surface area (Å²) in [5.41, 5.74) is 2.14. The van der Waals surface area contributed by atoms with Crippen molar-refractivity contribution in [2.24, 2.45) is 0 Å². The average Bonchev–Trinajstić information content (AvgIpc) is 3.29. The summed E-state index contributed by atoms with van der Waals surface area (Å²) in [5.74, 6) is -0.195. The molecule has 4 rings (SSSR count). The maximum absolute atomic E-state index is 12.7. The van der Waals surface area contributed by atoms with Gasteiger partial charge in [-0.05, 0) is 12.1 Å². The fourth-order valence-electron chi connectivity index (χ4n) is 3.53. The molecule has 1 fully saturated rings. The van der Waals surface area contributed by atoms with Crippen LogP contribution in [0.1, 0.15) is 5.69 Å². The molecule has 3 heterocycles. The molecule has 8 nitrogen and oxygen atoms in total. The maximum atomic E-state index is 12.7. The molecule has 1 aliphatic heterocycles. The molecule has 0 unspecified atom stereocenters. The van der Waals surface area contributed by atoms with Crippen LogP contribution in [0, 0.1) is 0 Å². The molecule has 3 aromatic rings. The van der Waals surface area contributed by atoms with Crippen LogP contribution in [0.3, 0.4) is 0 Å². The number of hydrogen-bond acceptors (Lipinski definition) is 7. The van der Waals surface area contributed by atoms with Crippen molar-refractivity contribution in [2.75, 3.05) is 39.8 Å². The standard InChI is InChI=1S/C22H25N5O3S2/c1-25(32(29,30)20-8-5-9-23-14-20)16-21(28)27-12-10-26(11-13-27)15-19-17-31-22(24-19)18-6-3-2-4-7-18/h2-9,14,17H,10-13,15-16H2,1H3. The number of piperazine rings is 1. The molecule has 0 atom stereocenters. The summed E-state index contributed by atoms with van der Waals surface area (Å²) in [6.45, 7) is 3.13. The lowest BCUT2D eigenvalue weighted by molar-refractivity contribution is -0.133. The highest BCUT2D eigenvalue weighted by atomic mass is 32.2. The molecule has 2 aromatic heterocycles. The SMILES string of the molecule is CN(CC(=O)N1CCN(Cc2csc(-c3ccccc3)n2)CC1)S(=O)(=O)c1cccnc1. The third-order valence-electron chi connectivity index (χ3n) is 5.38. The van der Waals surface area contributed by atoms with Crippen molar-refractivity contribution in [2.45, 2.75) is 11.4 Å². The third kappa shape index (κ3) is 5.21. The minimum Gasteiger partial charge on any atom is -0.339 e. The monoisotopic (exact) mass is 471 g/mol. The van der Waals surface area contributed by atoms with Gasteiger partial charge in [0, 0.05) is 63.1 Å². The van der Waals surface area contributed by atoms with E-state index >= 15 is 0 Å². The summed E-state index contributed by atoms with van der Waals surface area (Å²) in [7, 11) is -2.32. The van der Waals surface area contributed by atoms with Crippen LogP contribution in [0.2, 0.25) is 0 Å². The van der Waals surface area contributed by atoms with Crippen molar-refractivity contribution < 1.29 is 13.2 Å². The number of aromatic nitrogens is 2. The maximum Gasteiger partial charge on any atom is 0.244 e. The Bertz CT molecular complexity index is 1140. The number of pyridine rings is 1. The predicted molar refractivity (Wildman–Crippen MR) is 123 cm³/mol. The second-order valence-corrected chi connectivity index (χ2v) is 10.5. The van der Waals surface area contributed by atoms with E-state index in [0.29, 0.717) is 13.1 Å². The van der Waals surface area contributed by atoms with Gasteiger partial charge in [-0.25, -0.2) is 13.4 Å². The molecule has 0 radical (unpaired) electrons. The molecule has 1 amide bonds. The van der Waals surface area contributed by atoms with Crippen LogP contribution in [0.4, 0.5) is 0 Å². The molecule has 32 heavy (non-hydrogen) atoms.